The van der Waals surface area contributed by atoms with Crippen molar-refractivity contribution in [1.82, 2.24) is 5.32 Å². The van der Waals surface area contributed by atoms with Gasteiger partial charge in [-0.1, -0.05) is 48.5 Å². The van der Waals surface area contributed by atoms with Gasteiger partial charge in [-0.25, -0.2) is 0 Å². The van der Waals surface area contributed by atoms with E-state index in [1.54, 1.807) is 0 Å². The maximum Gasteiger partial charge on any atom is 0.224 e. The van der Waals surface area contributed by atoms with E-state index in [4.69, 9.17) is 0 Å². The van der Waals surface area contributed by atoms with Crippen molar-refractivity contribution in [2.24, 2.45) is 0 Å². The number of benzene rings is 2. The van der Waals surface area contributed by atoms with Crippen LogP contribution in [0.2, 0.25) is 0 Å². The molecule has 2 heteroatoms. The van der Waals surface area contributed by atoms with Crippen LogP contribution >= 0.6 is 0 Å². The zero-order valence-corrected chi connectivity index (χ0v) is 13.7. The van der Waals surface area contributed by atoms with E-state index in [1.165, 1.54) is 16.7 Å². The van der Waals surface area contributed by atoms with Gasteiger partial charge in [0.05, 0.1) is 6.42 Å². The molecule has 0 aliphatic heterocycles. The van der Waals surface area contributed by atoms with Gasteiger partial charge in [0.15, 0.2) is 0 Å². The maximum atomic E-state index is 12.1. The average molecular weight is 295 g/mol. The number of hydrogen-bond acceptors (Lipinski definition) is 1. The molecule has 0 spiro atoms. The van der Waals surface area contributed by atoms with Crippen LogP contribution in [0.3, 0.4) is 0 Å². The summed E-state index contributed by atoms with van der Waals surface area (Å²) in [6.45, 7) is 6.24. The molecule has 0 unspecified atom stereocenters. The zero-order chi connectivity index (χ0) is 15.9. The van der Waals surface area contributed by atoms with E-state index in [0.29, 0.717) is 6.42 Å². The molecule has 0 radical (unpaired) electrons. The van der Waals surface area contributed by atoms with Crippen molar-refractivity contribution in [2.45, 2.75) is 46.1 Å². The Morgan fingerprint density at radius 1 is 1.00 bits per heavy atom. The molecule has 0 fully saturated rings. The Bertz CT molecular complexity index is 619. The lowest BCUT2D eigenvalue weighted by Gasteiger charge is -2.14. The van der Waals surface area contributed by atoms with Crippen LogP contribution in [0.5, 0.6) is 0 Å². The van der Waals surface area contributed by atoms with E-state index in [2.05, 4.69) is 62.5 Å². The first-order chi connectivity index (χ1) is 10.5. The fourth-order valence-corrected chi connectivity index (χ4v) is 2.52. The van der Waals surface area contributed by atoms with Crippen molar-refractivity contribution in [3.05, 3.63) is 70.8 Å². The van der Waals surface area contributed by atoms with E-state index in [1.807, 2.05) is 12.1 Å². The molecule has 0 aliphatic carbocycles. The highest BCUT2D eigenvalue weighted by Gasteiger charge is 2.09. The fraction of sp³-hybridized carbons (Fsp3) is 0.350. The number of hydrogen-bond donors (Lipinski definition) is 1. The first kappa shape index (κ1) is 16.3. The minimum atomic E-state index is 0.101. The van der Waals surface area contributed by atoms with Gasteiger partial charge >= 0.3 is 0 Å². The van der Waals surface area contributed by atoms with Gasteiger partial charge < -0.3 is 5.32 Å². The molecule has 0 aromatic heterocycles. The Balaban J connectivity index is 1.79. The highest BCUT2D eigenvalue weighted by Crippen LogP contribution is 2.11. The Morgan fingerprint density at radius 3 is 2.41 bits per heavy atom. The van der Waals surface area contributed by atoms with Crippen LogP contribution in [0, 0.1) is 13.8 Å². The lowest BCUT2D eigenvalue weighted by Crippen LogP contribution is -2.34. The Labute approximate surface area is 133 Å². The van der Waals surface area contributed by atoms with Crippen LogP contribution in [-0.4, -0.2) is 11.9 Å². The third-order valence-electron chi connectivity index (χ3n) is 4.05. The Hall–Kier alpha value is -2.09. The molecule has 0 saturated heterocycles. The van der Waals surface area contributed by atoms with Gasteiger partial charge in [0.1, 0.15) is 0 Å². The number of aryl methyl sites for hydroxylation is 3. The van der Waals surface area contributed by atoms with Crippen molar-refractivity contribution in [1.29, 1.82) is 0 Å². The van der Waals surface area contributed by atoms with Crippen molar-refractivity contribution in [2.75, 3.05) is 0 Å². The van der Waals surface area contributed by atoms with E-state index >= 15 is 0 Å². The number of carbonyl (C=O) groups excluding carboxylic acids is 1. The van der Waals surface area contributed by atoms with Gasteiger partial charge in [0, 0.05) is 6.04 Å². The molecular weight excluding hydrogens is 270 g/mol. The van der Waals surface area contributed by atoms with Gasteiger partial charge in [-0.05, 0) is 55.9 Å². The first-order valence-corrected chi connectivity index (χ1v) is 7.94. The minimum Gasteiger partial charge on any atom is -0.353 e. The highest BCUT2D eigenvalue weighted by molar-refractivity contribution is 5.78. The van der Waals surface area contributed by atoms with E-state index in [0.717, 1.165) is 18.4 Å². The van der Waals surface area contributed by atoms with Gasteiger partial charge in [-0.15, -0.1) is 0 Å². The predicted octanol–water partition coefficient (Wildman–Crippen LogP) is 3.98. The number of carbonyl (C=O) groups is 1. The molecule has 0 heterocycles. The van der Waals surface area contributed by atoms with Crippen LogP contribution in [0.15, 0.2) is 48.5 Å². The van der Waals surface area contributed by atoms with E-state index in [-0.39, 0.29) is 11.9 Å². The minimum absolute atomic E-state index is 0.101. The summed E-state index contributed by atoms with van der Waals surface area (Å²) in [5.74, 6) is 0.101. The summed E-state index contributed by atoms with van der Waals surface area (Å²) in [6.07, 6.45) is 2.41. The molecule has 0 saturated carbocycles. The van der Waals surface area contributed by atoms with Crippen LogP contribution in [0.25, 0.3) is 0 Å². The molecule has 2 aromatic carbocycles. The highest BCUT2D eigenvalue weighted by atomic mass is 16.1. The molecule has 116 valence electrons. The molecular formula is C20H25NO. The largest absolute Gasteiger partial charge is 0.353 e. The second-order valence-electron chi connectivity index (χ2n) is 6.09. The van der Waals surface area contributed by atoms with Gasteiger partial charge in [-0.2, -0.15) is 0 Å². The van der Waals surface area contributed by atoms with Crippen LogP contribution in [0.4, 0.5) is 0 Å². The molecule has 0 bridgehead atoms. The lowest BCUT2D eigenvalue weighted by atomic mass is 10.0. The summed E-state index contributed by atoms with van der Waals surface area (Å²) in [6, 6.07) is 16.8. The zero-order valence-electron chi connectivity index (χ0n) is 13.7. The van der Waals surface area contributed by atoms with Gasteiger partial charge in [0.25, 0.3) is 0 Å². The second kappa shape index (κ2) is 7.79. The third kappa shape index (κ3) is 5.03. The monoisotopic (exact) mass is 295 g/mol. The van der Waals surface area contributed by atoms with Crippen LogP contribution in [-0.2, 0) is 17.6 Å². The first-order valence-electron chi connectivity index (χ1n) is 7.94. The summed E-state index contributed by atoms with van der Waals surface area (Å²) in [7, 11) is 0. The molecule has 1 amide bonds. The number of nitrogens with one attached hydrogen (secondary N) is 1. The van der Waals surface area contributed by atoms with Crippen molar-refractivity contribution in [3.63, 3.8) is 0 Å². The topological polar surface area (TPSA) is 29.1 Å². The Morgan fingerprint density at radius 2 is 1.73 bits per heavy atom. The van der Waals surface area contributed by atoms with E-state index in [9.17, 15) is 4.79 Å². The summed E-state index contributed by atoms with van der Waals surface area (Å²) in [4.78, 5) is 12.1. The van der Waals surface area contributed by atoms with Gasteiger partial charge in [-0.3, -0.25) is 4.79 Å². The maximum absolute atomic E-state index is 12.1. The van der Waals surface area contributed by atoms with E-state index < -0.39 is 0 Å². The van der Waals surface area contributed by atoms with Crippen LogP contribution < -0.4 is 5.32 Å². The van der Waals surface area contributed by atoms with Crippen molar-refractivity contribution < 1.29 is 4.79 Å². The van der Waals surface area contributed by atoms with Crippen molar-refractivity contribution in [3.8, 4) is 0 Å². The standard InChI is InChI=1S/C20H25NO/c1-15-9-11-19(13-16(15)2)14-20(22)21-17(3)10-12-18-7-5-4-6-8-18/h4-9,11,13,17H,10,12,14H2,1-3H3,(H,21,22)/t17-/m0/s1. The molecule has 2 rings (SSSR count). The summed E-state index contributed by atoms with van der Waals surface area (Å²) in [5.41, 5.74) is 4.90. The molecule has 1 N–H and O–H groups in total. The predicted molar refractivity (Wildman–Crippen MR) is 92.0 cm³/mol. The number of amides is 1. The molecule has 2 aromatic rings. The SMILES string of the molecule is Cc1ccc(CC(=O)N[C@@H](C)CCc2ccccc2)cc1C. The molecule has 1 atom stereocenters. The Kier molecular flexibility index (Phi) is 5.76. The average Bonchev–Trinajstić information content (AvgIpc) is 2.50. The molecule has 22 heavy (non-hydrogen) atoms. The van der Waals surface area contributed by atoms with Crippen LogP contribution in [0.1, 0.15) is 35.6 Å². The second-order valence-corrected chi connectivity index (χ2v) is 6.09. The molecule has 2 nitrogen and oxygen atoms in total. The fourth-order valence-electron chi connectivity index (χ4n) is 2.52. The summed E-state index contributed by atoms with van der Waals surface area (Å²) < 4.78 is 0. The summed E-state index contributed by atoms with van der Waals surface area (Å²) >= 11 is 0. The smallest absolute Gasteiger partial charge is 0.224 e. The number of rotatable bonds is 6. The van der Waals surface area contributed by atoms with Crippen molar-refractivity contribution >= 4 is 5.91 Å². The summed E-state index contributed by atoms with van der Waals surface area (Å²) in [5, 5.41) is 3.09. The lowest BCUT2D eigenvalue weighted by molar-refractivity contribution is -0.121. The quantitative estimate of drug-likeness (QED) is 0.858. The molecule has 0 aliphatic rings. The third-order valence-corrected chi connectivity index (χ3v) is 4.05. The van der Waals surface area contributed by atoms with Gasteiger partial charge in [0.2, 0.25) is 5.91 Å². The normalized spacial score (nSPS) is 12.0.